The summed E-state index contributed by atoms with van der Waals surface area (Å²) in [5.74, 6) is -1.72. The maximum atomic E-state index is 13.5. The predicted molar refractivity (Wildman–Crippen MR) is 178 cm³/mol. The Balaban J connectivity index is 1.18. The molecule has 2 amide bonds. The van der Waals surface area contributed by atoms with E-state index in [1.807, 2.05) is 6.07 Å². The van der Waals surface area contributed by atoms with Gasteiger partial charge in [-0.1, -0.05) is 5.16 Å². The number of hydroxylamine groups is 2. The molecule has 2 saturated heterocycles. The van der Waals surface area contributed by atoms with E-state index < -0.39 is 57.2 Å². The van der Waals surface area contributed by atoms with Crippen LogP contribution < -0.4 is 26.4 Å². The van der Waals surface area contributed by atoms with Crippen LogP contribution in [-0.4, -0.2) is 99.9 Å². The Labute approximate surface area is 291 Å². The van der Waals surface area contributed by atoms with Gasteiger partial charge in [0.25, 0.3) is 17.4 Å². The summed E-state index contributed by atoms with van der Waals surface area (Å²) in [5, 5.41) is 34.1. The second-order valence-electron chi connectivity index (χ2n) is 13.5. The lowest BCUT2D eigenvalue weighted by Gasteiger charge is -2.50. The van der Waals surface area contributed by atoms with E-state index in [2.05, 4.69) is 30.4 Å². The number of carbonyl (C=O) groups excluding carboxylic acids is 2. The predicted octanol–water partition coefficient (Wildman–Crippen LogP) is 0.436. The molecule has 2 bridgehead atoms. The van der Waals surface area contributed by atoms with Crippen LogP contribution in [0, 0.1) is 17.2 Å². The molecule has 270 valence electrons. The van der Waals surface area contributed by atoms with Crippen LogP contribution in [0.15, 0.2) is 28.7 Å². The number of carboxylic acid groups (broad SMARTS) is 1. The lowest BCUT2D eigenvalue weighted by atomic mass is 9.84. The molecular formula is C30H38N8O10S2. The second kappa shape index (κ2) is 13.1. The third-order valence-electron chi connectivity index (χ3n) is 9.81. The van der Waals surface area contributed by atoms with E-state index in [0.717, 1.165) is 42.8 Å². The largest absolute Gasteiger partial charge is 0.485 e. The van der Waals surface area contributed by atoms with Crippen molar-refractivity contribution in [1.82, 2.24) is 26.0 Å². The molecule has 18 nitrogen and oxygen atoms in total. The van der Waals surface area contributed by atoms with Gasteiger partial charge in [-0.05, 0) is 95.1 Å². The van der Waals surface area contributed by atoms with Gasteiger partial charge in [-0.25, -0.2) is 9.78 Å². The first-order valence-corrected chi connectivity index (χ1v) is 18.1. The van der Waals surface area contributed by atoms with Crippen molar-refractivity contribution < 1.29 is 46.3 Å². The van der Waals surface area contributed by atoms with E-state index in [4.69, 9.17) is 25.3 Å². The van der Waals surface area contributed by atoms with E-state index in [-0.39, 0.29) is 23.3 Å². The monoisotopic (exact) mass is 734 g/mol. The topological polar surface area (TPSA) is 268 Å². The fourth-order valence-corrected chi connectivity index (χ4v) is 7.90. The summed E-state index contributed by atoms with van der Waals surface area (Å²) in [5.41, 5.74) is 3.12. The summed E-state index contributed by atoms with van der Waals surface area (Å²) in [6, 6.07) is 4.22. The Morgan fingerprint density at radius 3 is 2.54 bits per heavy atom. The Kier molecular flexibility index (Phi) is 9.27. The van der Waals surface area contributed by atoms with Gasteiger partial charge in [-0.15, -0.1) is 15.6 Å². The summed E-state index contributed by atoms with van der Waals surface area (Å²) in [7, 11) is -5.03. The molecule has 3 aliphatic heterocycles. The number of amidine groups is 1. The normalized spacial score (nSPS) is 26.9. The Hall–Kier alpha value is -4.37. The molecule has 0 spiro atoms. The van der Waals surface area contributed by atoms with Crippen molar-refractivity contribution in [2.75, 3.05) is 18.8 Å². The highest BCUT2D eigenvalue weighted by atomic mass is 32.3. The molecule has 50 heavy (non-hydrogen) atoms. The average Bonchev–Trinajstić information content (AvgIpc) is 3.57. The first kappa shape index (κ1) is 35.5. The number of aryl methyl sites for hydroxylation is 1. The number of nitrogens with two attached hydrogens (primary N) is 1. The van der Waals surface area contributed by atoms with Gasteiger partial charge in [0.2, 0.25) is 0 Å². The molecule has 0 radical (unpaired) electrons. The second-order valence-corrected chi connectivity index (χ2v) is 15.4. The molecule has 8 N–H and O–H groups in total. The molecule has 20 heteroatoms. The van der Waals surface area contributed by atoms with Crippen LogP contribution >= 0.6 is 11.3 Å². The number of anilines is 1. The number of β-lactam (4-membered cyclic amide) rings is 1. The van der Waals surface area contributed by atoms with Gasteiger partial charge in [-0.2, -0.15) is 13.5 Å². The van der Waals surface area contributed by atoms with Gasteiger partial charge in [-0.3, -0.25) is 19.6 Å². The van der Waals surface area contributed by atoms with Gasteiger partial charge in [0.1, 0.15) is 23.3 Å². The zero-order chi connectivity index (χ0) is 36.2. The van der Waals surface area contributed by atoms with Crippen LogP contribution in [0.3, 0.4) is 0 Å². The molecule has 2 aromatic rings. The number of amides is 2. The number of ether oxygens (including phenoxy) is 1. The molecule has 4 aliphatic rings. The smallest absolute Gasteiger partial charge is 0.418 e. The third-order valence-corrected chi connectivity index (χ3v) is 10.8. The van der Waals surface area contributed by atoms with Gasteiger partial charge in [0.05, 0.1) is 5.54 Å². The first-order chi connectivity index (χ1) is 23.5. The van der Waals surface area contributed by atoms with Crippen LogP contribution in [0.25, 0.3) is 0 Å². The molecule has 6 rings (SSSR count). The minimum atomic E-state index is -5.03. The molecule has 1 saturated carbocycles. The van der Waals surface area contributed by atoms with Crippen molar-refractivity contribution in [3.63, 3.8) is 0 Å². The van der Waals surface area contributed by atoms with Crippen LogP contribution in [-0.2, 0) is 40.3 Å². The molecule has 1 aliphatic carbocycles. The van der Waals surface area contributed by atoms with E-state index in [1.165, 1.54) is 26.2 Å². The maximum Gasteiger partial charge on any atom is 0.418 e. The van der Waals surface area contributed by atoms with Crippen LogP contribution in [0.4, 0.5) is 5.13 Å². The van der Waals surface area contributed by atoms with Crippen LogP contribution in [0.2, 0.25) is 0 Å². The molecule has 3 fully saturated rings. The van der Waals surface area contributed by atoms with E-state index in [9.17, 15) is 27.9 Å². The number of piperidine rings is 1. The number of thiazole rings is 1. The number of nitrogens with one attached hydrogen (secondary N) is 4. The lowest BCUT2D eigenvalue weighted by Crippen LogP contribution is -2.76. The zero-order valence-corrected chi connectivity index (χ0v) is 29.0. The van der Waals surface area contributed by atoms with Crippen LogP contribution in [0.1, 0.15) is 56.9 Å². The third kappa shape index (κ3) is 6.72. The number of fused-ring (bicyclic) bond motifs is 3. The van der Waals surface area contributed by atoms with Crippen molar-refractivity contribution >= 4 is 56.2 Å². The fraction of sp³-hybridized carbons (Fsp3) is 0.533. The fourth-order valence-electron chi connectivity index (χ4n) is 6.90. The highest BCUT2D eigenvalue weighted by molar-refractivity contribution is 7.80. The Bertz CT molecular complexity index is 1850. The number of hydrogen-bond donors (Lipinski definition) is 7. The average molecular weight is 735 g/mol. The molecule has 1 aromatic heterocycles. The molecule has 0 unspecified atom stereocenters. The first-order valence-electron chi connectivity index (χ1n) is 15.9. The van der Waals surface area contributed by atoms with Crippen molar-refractivity contribution in [2.45, 2.75) is 75.8 Å². The van der Waals surface area contributed by atoms with Crippen molar-refractivity contribution in [1.29, 1.82) is 5.41 Å². The van der Waals surface area contributed by atoms with Crippen LogP contribution in [0.5, 0.6) is 5.75 Å². The molecule has 6 atom stereocenters. The number of rotatable bonds is 11. The number of nitrogens with zero attached hydrogens (tertiary/aromatic N) is 3. The van der Waals surface area contributed by atoms with Crippen molar-refractivity contribution in [3.8, 4) is 5.75 Å². The summed E-state index contributed by atoms with van der Waals surface area (Å²) in [4.78, 5) is 48.4. The highest BCUT2D eigenvalue weighted by Gasteiger charge is 2.58. The van der Waals surface area contributed by atoms with Gasteiger partial charge >= 0.3 is 16.4 Å². The van der Waals surface area contributed by atoms with E-state index in [1.54, 1.807) is 12.1 Å². The van der Waals surface area contributed by atoms with E-state index in [0.29, 0.717) is 40.5 Å². The zero-order valence-electron chi connectivity index (χ0n) is 27.3. The Morgan fingerprint density at radius 1 is 1.24 bits per heavy atom. The number of aromatic nitrogens is 1. The lowest BCUT2D eigenvalue weighted by molar-refractivity contribution is -0.218. The highest BCUT2D eigenvalue weighted by Crippen LogP contribution is 2.37. The summed E-state index contributed by atoms with van der Waals surface area (Å²) in [6.07, 6.45) is 1.81. The number of benzene rings is 1. The van der Waals surface area contributed by atoms with Crippen molar-refractivity contribution in [3.05, 3.63) is 40.4 Å². The molecule has 4 heterocycles. The minimum absolute atomic E-state index is 0.0623. The van der Waals surface area contributed by atoms with Gasteiger partial charge in [0, 0.05) is 17.0 Å². The minimum Gasteiger partial charge on any atom is -0.485 e. The van der Waals surface area contributed by atoms with Gasteiger partial charge < -0.3 is 36.4 Å². The van der Waals surface area contributed by atoms with Crippen molar-refractivity contribution in [2.24, 2.45) is 17.0 Å². The standard InChI is InChI=1S/C30H38N8O10S2/c1-29(2)23(26(40)38(29)48-50(43,44)45)36-25(39)22(18-13-49-28(32)34-18)37-47-30(3,27(41)42)20-9-7-14-10-15(6-8-19(14)46-20)24(31)35-21-16-4-5-17(21)12-33-11-16/h6,8,10,13,16-17,20-21,23,33H,4-5,7,9,11-12H2,1-3H3,(H2,31,35)(H2,32,34)(H,36,39)(H,41,42)(H,43,44,45)/b37-22-/t16-,17+,20-,21-,23-,30+/m1/s1. The number of nitrogen functional groups attached to an aromatic ring is 1. The Morgan fingerprint density at radius 2 is 1.94 bits per heavy atom. The number of oxime groups is 1. The summed E-state index contributed by atoms with van der Waals surface area (Å²) >= 11 is 0.969. The molecular weight excluding hydrogens is 697 g/mol. The number of carbonyl (C=O) groups is 3. The summed E-state index contributed by atoms with van der Waals surface area (Å²) in [6.45, 7) is 5.87. The number of aliphatic carboxylic acids is 1. The molecule has 1 aromatic carbocycles. The number of carboxylic acids is 1. The summed E-state index contributed by atoms with van der Waals surface area (Å²) < 4.78 is 41.8. The SMILES string of the molecule is CC1(C)[C@H](NC(=O)/C(=N\O[C@](C)(C(=O)O)[C@H]2CCc3cc(C(=N)N[C@@H]4[C@@H]5CC[C@H]4CNC5)ccc3O2)c2csc(N)n2)C(=O)N1OS(=O)(=O)O. The van der Waals surface area contributed by atoms with E-state index >= 15 is 0 Å². The maximum absolute atomic E-state index is 13.5. The quantitative estimate of drug-likeness (QED) is 0.0543. The number of hydrogen-bond acceptors (Lipinski definition) is 14. The van der Waals surface area contributed by atoms with Gasteiger partial charge in [0.15, 0.2) is 16.9 Å².